The summed E-state index contributed by atoms with van der Waals surface area (Å²) in [6, 6.07) is 10.1. The van der Waals surface area contributed by atoms with Crippen molar-refractivity contribution in [3.63, 3.8) is 0 Å². The Balaban J connectivity index is 2.17. The highest BCUT2D eigenvalue weighted by molar-refractivity contribution is 5.21. The first-order valence-electron chi connectivity index (χ1n) is 5.45. The summed E-state index contributed by atoms with van der Waals surface area (Å²) in [5.74, 6) is 0.869. The van der Waals surface area contributed by atoms with Crippen molar-refractivity contribution < 1.29 is 4.74 Å². The number of benzene rings is 1. The lowest BCUT2D eigenvalue weighted by molar-refractivity contribution is 0.476. The molecule has 0 bridgehead atoms. The van der Waals surface area contributed by atoms with Crippen LogP contribution in [0.2, 0.25) is 0 Å². The van der Waals surface area contributed by atoms with Crippen LogP contribution in [-0.2, 0) is 0 Å². The van der Waals surface area contributed by atoms with Gasteiger partial charge in [0, 0.05) is 6.04 Å². The van der Waals surface area contributed by atoms with Crippen molar-refractivity contribution in [3.8, 4) is 5.75 Å². The second kappa shape index (κ2) is 7.07. The van der Waals surface area contributed by atoms with E-state index >= 15 is 0 Å². The zero-order valence-electron chi connectivity index (χ0n) is 9.23. The Morgan fingerprint density at radius 3 is 2.73 bits per heavy atom. The first-order valence-corrected chi connectivity index (χ1v) is 5.45. The van der Waals surface area contributed by atoms with Gasteiger partial charge < -0.3 is 10.5 Å². The molecule has 0 saturated heterocycles. The Kier molecular flexibility index (Phi) is 5.56. The molecule has 2 nitrogen and oxygen atoms in total. The van der Waals surface area contributed by atoms with Crippen LogP contribution in [0.3, 0.4) is 0 Å². The van der Waals surface area contributed by atoms with Crippen molar-refractivity contribution in [2.24, 2.45) is 5.73 Å². The van der Waals surface area contributed by atoms with Crippen LogP contribution in [0.15, 0.2) is 42.7 Å². The van der Waals surface area contributed by atoms with E-state index in [2.05, 4.69) is 6.92 Å². The molecule has 0 aromatic heterocycles. The normalized spacial score (nSPS) is 12.9. The summed E-state index contributed by atoms with van der Waals surface area (Å²) in [5, 5.41) is 0. The molecule has 0 radical (unpaired) electrons. The van der Waals surface area contributed by atoms with E-state index in [0.717, 1.165) is 25.0 Å². The van der Waals surface area contributed by atoms with Gasteiger partial charge in [-0.25, -0.2) is 0 Å². The number of para-hydroxylation sites is 1. The van der Waals surface area contributed by atoms with Gasteiger partial charge >= 0.3 is 0 Å². The molecule has 0 aliphatic heterocycles. The molecule has 2 heteroatoms. The Bertz CT molecular complexity index is 282. The fourth-order valence-corrected chi connectivity index (χ4v) is 1.21. The van der Waals surface area contributed by atoms with Crippen molar-refractivity contribution in [3.05, 3.63) is 42.7 Å². The maximum absolute atomic E-state index is 5.79. The van der Waals surface area contributed by atoms with Gasteiger partial charge in [0.15, 0.2) is 0 Å². The Hall–Kier alpha value is -1.28. The highest BCUT2D eigenvalue weighted by Gasteiger charge is 1.95. The quantitative estimate of drug-likeness (QED) is 0.724. The van der Waals surface area contributed by atoms with Crippen LogP contribution >= 0.6 is 0 Å². The average molecular weight is 205 g/mol. The van der Waals surface area contributed by atoms with Gasteiger partial charge in [0.1, 0.15) is 5.75 Å². The van der Waals surface area contributed by atoms with Gasteiger partial charge in [-0.2, -0.15) is 0 Å². The van der Waals surface area contributed by atoms with Crippen molar-refractivity contribution in [2.75, 3.05) is 0 Å². The highest BCUT2D eigenvalue weighted by atomic mass is 16.5. The van der Waals surface area contributed by atoms with E-state index in [4.69, 9.17) is 10.5 Å². The fraction of sp³-hybridized carbons (Fsp3) is 0.385. The molecule has 1 aromatic rings. The smallest absolute Gasteiger partial charge is 0.126 e. The van der Waals surface area contributed by atoms with Gasteiger partial charge in [-0.3, -0.25) is 0 Å². The van der Waals surface area contributed by atoms with Crippen LogP contribution in [-0.4, -0.2) is 6.04 Å². The van der Waals surface area contributed by atoms with Crippen LogP contribution in [0.25, 0.3) is 0 Å². The summed E-state index contributed by atoms with van der Waals surface area (Å²) in [6.45, 7) is 2.11. The summed E-state index contributed by atoms with van der Waals surface area (Å²) < 4.78 is 5.40. The molecule has 15 heavy (non-hydrogen) atoms. The minimum Gasteiger partial charge on any atom is -0.465 e. The van der Waals surface area contributed by atoms with E-state index in [9.17, 15) is 0 Å². The third-order valence-electron chi connectivity index (χ3n) is 2.27. The molecule has 1 atom stereocenters. The van der Waals surface area contributed by atoms with Crippen molar-refractivity contribution >= 4 is 0 Å². The highest BCUT2D eigenvalue weighted by Crippen LogP contribution is 2.08. The summed E-state index contributed by atoms with van der Waals surface area (Å²) in [7, 11) is 0. The summed E-state index contributed by atoms with van der Waals surface area (Å²) >= 11 is 0. The second-order valence-corrected chi connectivity index (χ2v) is 3.55. The molecule has 1 aromatic carbocycles. The maximum atomic E-state index is 5.79. The first kappa shape index (κ1) is 11.8. The number of hydrogen-bond donors (Lipinski definition) is 1. The van der Waals surface area contributed by atoms with Crippen LogP contribution in [0.5, 0.6) is 5.75 Å². The molecule has 1 unspecified atom stereocenters. The Labute approximate surface area is 91.7 Å². The molecule has 0 heterocycles. The van der Waals surface area contributed by atoms with E-state index in [1.165, 1.54) is 0 Å². The summed E-state index contributed by atoms with van der Waals surface area (Å²) in [4.78, 5) is 0. The average Bonchev–Trinajstić information content (AvgIpc) is 2.29. The van der Waals surface area contributed by atoms with Gasteiger partial charge in [0.25, 0.3) is 0 Å². The SMILES string of the molecule is CCC(N)CCC=COc1ccccc1. The molecular weight excluding hydrogens is 186 g/mol. The number of allylic oxidation sites excluding steroid dienone is 1. The predicted molar refractivity (Wildman–Crippen MR) is 63.7 cm³/mol. The maximum Gasteiger partial charge on any atom is 0.126 e. The lowest BCUT2D eigenvalue weighted by atomic mass is 10.1. The van der Waals surface area contributed by atoms with Gasteiger partial charge in [-0.1, -0.05) is 25.1 Å². The Morgan fingerprint density at radius 2 is 2.07 bits per heavy atom. The minimum atomic E-state index is 0.311. The van der Waals surface area contributed by atoms with Gasteiger partial charge in [-0.05, 0) is 37.5 Å². The summed E-state index contributed by atoms with van der Waals surface area (Å²) in [6.07, 6.45) is 6.78. The molecule has 0 aliphatic carbocycles. The molecule has 0 amide bonds. The second-order valence-electron chi connectivity index (χ2n) is 3.55. The Morgan fingerprint density at radius 1 is 1.33 bits per heavy atom. The van der Waals surface area contributed by atoms with Crippen LogP contribution in [0, 0.1) is 0 Å². The fourth-order valence-electron chi connectivity index (χ4n) is 1.21. The number of rotatable bonds is 6. The largest absolute Gasteiger partial charge is 0.465 e. The minimum absolute atomic E-state index is 0.311. The van der Waals surface area contributed by atoms with E-state index < -0.39 is 0 Å². The van der Waals surface area contributed by atoms with Crippen LogP contribution in [0.4, 0.5) is 0 Å². The molecule has 0 spiro atoms. The van der Waals surface area contributed by atoms with E-state index in [1.807, 2.05) is 36.4 Å². The van der Waals surface area contributed by atoms with E-state index in [-0.39, 0.29) is 0 Å². The van der Waals surface area contributed by atoms with Crippen molar-refractivity contribution in [1.82, 2.24) is 0 Å². The van der Waals surface area contributed by atoms with Gasteiger partial charge in [0.2, 0.25) is 0 Å². The third kappa shape index (κ3) is 5.23. The lowest BCUT2D eigenvalue weighted by Crippen LogP contribution is -2.17. The molecular formula is C13H19NO. The zero-order chi connectivity index (χ0) is 10.9. The number of ether oxygens (including phenoxy) is 1. The predicted octanol–water partition coefficient (Wildman–Crippen LogP) is 3.10. The molecule has 1 rings (SSSR count). The standard InChI is InChI=1S/C13H19NO/c1-2-12(14)8-6-7-11-15-13-9-4-3-5-10-13/h3-5,7,9-12H,2,6,8,14H2,1H3. The monoisotopic (exact) mass is 205 g/mol. The van der Waals surface area contributed by atoms with Crippen LogP contribution < -0.4 is 10.5 Å². The molecule has 0 aliphatic rings. The molecule has 2 N–H and O–H groups in total. The number of nitrogens with two attached hydrogens (primary N) is 1. The topological polar surface area (TPSA) is 35.2 Å². The first-order chi connectivity index (χ1) is 7.33. The van der Waals surface area contributed by atoms with Gasteiger partial charge in [0.05, 0.1) is 6.26 Å². The van der Waals surface area contributed by atoms with E-state index in [1.54, 1.807) is 6.26 Å². The van der Waals surface area contributed by atoms with Gasteiger partial charge in [-0.15, -0.1) is 0 Å². The summed E-state index contributed by atoms with van der Waals surface area (Å²) in [5.41, 5.74) is 5.79. The number of hydrogen-bond acceptors (Lipinski definition) is 2. The van der Waals surface area contributed by atoms with Crippen molar-refractivity contribution in [2.45, 2.75) is 32.2 Å². The molecule has 0 fully saturated rings. The van der Waals surface area contributed by atoms with Crippen LogP contribution in [0.1, 0.15) is 26.2 Å². The van der Waals surface area contributed by atoms with E-state index in [0.29, 0.717) is 6.04 Å². The lowest BCUT2D eigenvalue weighted by Gasteiger charge is -2.04. The van der Waals surface area contributed by atoms with Crippen molar-refractivity contribution in [1.29, 1.82) is 0 Å². The molecule has 82 valence electrons. The molecule has 0 saturated carbocycles. The zero-order valence-corrected chi connectivity index (χ0v) is 9.23. The third-order valence-corrected chi connectivity index (χ3v) is 2.27.